The van der Waals surface area contributed by atoms with E-state index in [0.717, 1.165) is 18.4 Å². The molecule has 0 radical (unpaired) electrons. The topological polar surface area (TPSA) is 57.7 Å². The van der Waals surface area contributed by atoms with Crippen LogP contribution >= 0.6 is 0 Å². The first kappa shape index (κ1) is 14.2. The van der Waals surface area contributed by atoms with Crippen LogP contribution in [0.1, 0.15) is 42.2 Å². The van der Waals surface area contributed by atoms with Crippen LogP contribution in [0.5, 0.6) is 0 Å². The minimum atomic E-state index is -0.456. The number of nitrogens with zero attached hydrogens (tertiary/aromatic N) is 1. The summed E-state index contributed by atoms with van der Waals surface area (Å²) in [7, 11) is 0. The van der Waals surface area contributed by atoms with Crippen LogP contribution in [0.15, 0.2) is 24.4 Å². The van der Waals surface area contributed by atoms with Crippen LogP contribution in [0.3, 0.4) is 0 Å². The van der Waals surface area contributed by atoms with Gasteiger partial charge in [0.25, 0.3) is 0 Å². The monoisotopic (exact) mass is 289 g/mol. The Hall–Kier alpha value is -1.72. The van der Waals surface area contributed by atoms with Crippen molar-refractivity contribution in [3.63, 3.8) is 0 Å². The molecular formula is C16H19NO4. The third kappa shape index (κ3) is 2.84. The second-order valence-corrected chi connectivity index (χ2v) is 5.16. The van der Waals surface area contributed by atoms with Gasteiger partial charge in [-0.15, -0.1) is 0 Å². The van der Waals surface area contributed by atoms with E-state index in [-0.39, 0.29) is 5.97 Å². The van der Waals surface area contributed by atoms with Gasteiger partial charge in [-0.05, 0) is 31.1 Å². The molecule has 0 aromatic carbocycles. The molecule has 112 valence electrons. The minimum absolute atomic E-state index is 0.324. The SMILES string of the molecule is CCOC(=O)c1cccnc1C1=CCC2(CC1)OCCO2. The molecule has 1 aliphatic heterocycles. The molecule has 0 amide bonds. The number of hydrogen-bond acceptors (Lipinski definition) is 5. The maximum atomic E-state index is 12.0. The van der Waals surface area contributed by atoms with Crippen molar-refractivity contribution >= 4 is 11.5 Å². The summed E-state index contributed by atoms with van der Waals surface area (Å²) in [5.74, 6) is -0.780. The van der Waals surface area contributed by atoms with Crippen LogP contribution in [-0.4, -0.2) is 36.6 Å². The van der Waals surface area contributed by atoms with Crippen LogP contribution in [-0.2, 0) is 14.2 Å². The Morgan fingerprint density at radius 2 is 2.24 bits per heavy atom. The minimum Gasteiger partial charge on any atom is -0.462 e. The highest BCUT2D eigenvalue weighted by atomic mass is 16.7. The van der Waals surface area contributed by atoms with Crippen LogP contribution < -0.4 is 0 Å². The van der Waals surface area contributed by atoms with E-state index in [1.165, 1.54) is 0 Å². The van der Waals surface area contributed by atoms with Crippen LogP contribution in [0.25, 0.3) is 5.57 Å². The van der Waals surface area contributed by atoms with E-state index >= 15 is 0 Å². The van der Waals surface area contributed by atoms with Gasteiger partial charge in [0.1, 0.15) is 0 Å². The predicted molar refractivity (Wildman–Crippen MR) is 76.7 cm³/mol. The number of ether oxygens (including phenoxy) is 3. The van der Waals surface area contributed by atoms with Crippen molar-refractivity contribution in [3.8, 4) is 0 Å². The molecule has 1 aromatic heterocycles. The van der Waals surface area contributed by atoms with Gasteiger partial charge in [-0.25, -0.2) is 4.79 Å². The standard InChI is InChI=1S/C16H19NO4/c1-2-19-15(18)13-4-3-9-17-14(13)12-5-7-16(8-6-12)20-10-11-21-16/h3-5,9H,2,6-8,10-11H2,1H3. The Morgan fingerprint density at radius 1 is 1.43 bits per heavy atom. The molecule has 5 nitrogen and oxygen atoms in total. The number of pyridine rings is 1. The van der Waals surface area contributed by atoms with Gasteiger partial charge in [0.15, 0.2) is 5.79 Å². The maximum Gasteiger partial charge on any atom is 0.340 e. The Balaban J connectivity index is 1.84. The maximum absolute atomic E-state index is 12.0. The van der Waals surface area contributed by atoms with Gasteiger partial charge in [-0.3, -0.25) is 4.98 Å². The molecule has 2 heterocycles. The van der Waals surface area contributed by atoms with Crippen molar-refractivity contribution in [1.82, 2.24) is 4.98 Å². The van der Waals surface area contributed by atoms with Gasteiger partial charge in [-0.2, -0.15) is 0 Å². The average molecular weight is 289 g/mol. The molecule has 21 heavy (non-hydrogen) atoms. The first-order valence-electron chi connectivity index (χ1n) is 7.33. The van der Waals surface area contributed by atoms with Crippen molar-refractivity contribution < 1.29 is 19.0 Å². The molecule has 1 saturated heterocycles. The van der Waals surface area contributed by atoms with Gasteiger partial charge < -0.3 is 14.2 Å². The molecule has 1 fully saturated rings. The fraction of sp³-hybridized carbons (Fsp3) is 0.500. The molecule has 5 heteroatoms. The highest BCUT2D eigenvalue weighted by Crippen LogP contribution is 2.38. The lowest BCUT2D eigenvalue weighted by Crippen LogP contribution is -2.31. The van der Waals surface area contributed by atoms with E-state index in [1.54, 1.807) is 25.3 Å². The Morgan fingerprint density at radius 3 is 2.90 bits per heavy atom. The summed E-state index contributed by atoms with van der Waals surface area (Å²) in [5, 5.41) is 0. The lowest BCUT2D eigenvalue weighted by Gasteiger charge is -2.30. The van der Waals surface area contributed by atoms with E-state index in [2.05, 4.69) is 11.1 Å². The van der Waals surface area contributed by atoms with Crippen molar-refractivity contribution in [2.75, 3.05) is 19.8 Å². The summed E-state index contributed by atoms with van der Waals surface area (Å²) < 4.78 is 16.5. The highest BCUT2D eigenvalue weighted by Gasteiger charge is 2.38. The Labute approximate surface area is 123 Å². The molecule has 1 spiro atoms. The van der Waals surface area contributed by atoms with Gasteiger partial charge in [0, 0.05) is 19.0 Å². The molecular weight excluding hydrogens is 270 g/mol. The number of hydrogen-bond donors (Lipinski definition) is 0. The summed E-state index contributed by atoms with van der Waals surface area (Å²) in [6.07, 6.45) is 6.04. The van der Waals surface area contributed by atoms with Gasteiger partial charge >= 0.3 is 5.97 Å². The summed E-state index contributed by atoms with van der Waals surface area (Å²) in [6.45, 7) is 3.46. The van der Waals surface area contributed by atoms with E-state index in [1.807, 2.05) is 0 Å². The summed E-state index contributed by atoms with van der Waals surface area (Å²) in [4.78, 5) is 16.4. The van der Waals surface area contributed by atoms with E-state index < -0.39 is 5.79 Å². The molecule has 3 rings (SSSR count). The van der Waals surface area contributed by atoms with E-state index in [0.29, 0.717) is 37.5 Å². The molecule has 2 aliphatic rings. The van der Waals surface area contributed by atoms with Crippen LogP contribution in [0, 0.1) is 0 Å². The normalized spacial score (nSPS) is 20.3. The molecule has 0 bridgehead atoms. The van der Waals surface area contributed by atoms with Gasteiger partial charge in [0.2, 0.25) is 0 Å². The number of esters is 1. The fourth-order valence-corrected chi connectivity index (χ4v) is 2.82. The second kappa shape index (κ2) is 5.95. The molecule has 0 atom stereocenters. The third-order valence-electron chi connectivity index (χ3n) is 3.86. The van der Waals surface area contributed by atoms with E-state index in [4.69, 9.17) is 14.2 Å². The third-order valence-corrected chi connectivity index (χ3v) is 3.86. The van der Waals surface area contributed by atoms with E-state index in [9.17, 15) is 4.79 Å². The number of rotatable bonds is 3. The Bertz CT molecular complexity index is 561. The van der Waals surface area contributed by atoms with Gasteiger partial charge in [0.05, 0.1) is 31.1 Å². The van der Waals surface area contributed by atoms with Crippen LogP contribution in [0.2, 0.25) is 0 Å². The smallest absolute Gasteiger partial charge is 0.340 e. The highest BCUT2D eigenvalue weighted by molar-refractivity contribution is 5.94. The lowest BCUT2D eigenvalue weighted by molar-refractivity contribution is -0.159. The number of allylic oxidation sites excluding steroid dienone is 1. The average Bonchev–Trinajstić information content (AvgIpc) is 2.97. The number of aromatic nitrogens is 1. The first-order chi connectivity index (χ1) is 10.2. The first-order valence-corrected chi connectivity index (χ1v) is 7.33. The molecule has 0 unspecified atom stereocenters. The quantitative estimate of drug-likeness (QED) is 0.800. The molecule has 0 saturated carbocycles. The molecule has 0 N–H and O–H groups in total. The lowest BCUT2D eigenvalue weighted by atomic mass is 9.90. The second-order valence-electron chi connectivity index (χ2n) is 5.16. The summed E-state index contributed by atoms with van der Waals surface area (Å²) in [5.41, 5.74) is 2.29. The van der Waals surface area contributed by atoms with Crippen molar-refractivity contribution in [1.29, 1.82) is 0 Å². The Kier molecular flexibility index (Phi) is 4.03. The molecule has 1 aromatic rings. The zero-order valence-electron chi connectivity index (χ0n) is 12.1. The van der Waals surface area contributed by atoms with Crippen LogP contribution in [0.4, 0.5) is 0 Å². The summed E-state index contributed by atoms with van der Waals surface area (Å²) >= 11 is 0. The van der Waals surface area contributed by atoms with Crippen molar-refractivity contribution in [2.24, 2.45) is 0 Å². The van der Waals surface area contributed by atoms with Gasteiger partial charge in [-0.1, -0.05) is 6.08 Å². The van der Waals surface area contributed by atoms with Crippen molar-refractivity contribution in [3.05, 3.63) is 35.7 Å². The van der Waals surface area contributed by atoms with Crippen molar-refractivity contribution in [2.45, 2.75) is 32.0 Å². The zero-order chi connectivity index (χ0) is 14.7. The predicted octanol–water partition coefficient (Wildman–Crippen LogP) is 2.57. The fourth-order valence-electron chi connectivity index (χ4n) is 2.82. The molecule has 1 aliphatic carbocycles. The largest absolute Gasteiger partial charge is 0.462 e. The number of carbonyl (C=O) groups excluding carboxylic acids is 1. The summed E-state index contributed by atoms with van der Waals surface area (Å²) in [6, 6.07) is 3.51. The zero-order valence-corrected chi connectivity index (χ0v) is 12.1. The number of carbonyl (C=O) groups is 1.